The Morgan fingerprint density at radius 2 is 1.21 bits per heavy atom. The summed E-state index contributed by atoms with van der Waals surface area (Å²) in [7, 11) is 0. The fourth-order valence-corrected chi connectivity index (χ4v) is 1.84. The van der Waals surface area contributed by atoms with Crippen molar-refractivity contribution in [2.75, 3.05) is 6.61 Å². The number of rotatable bonds is 9. The maximum Gasteiger partial charge on any atom is 0.303 e. The zero-order valence-electron chi connectivity index (χ0n) is 13.7. The molecule has 0 radical (unpaired) electrons. The number of carbonyl (C=O) groups is 5. The average molecular weight is 348 g/mol. The second-order valence-electron chi connectivity index (χ2n) is 4.69. The maximum atomic E-state index is 11.3. The van der Waals surface area contributed by atoms with E-state index < -0.39 is 54.9 Å². The molecule has 0 saturated heterocycles. The van der Waals surface area contributed by atoms with Gasteiger partial charge >= 0.3 is 23.9 Å². The third-order valence-electron chi connectivity index (χ3n) is 2.55. The van der Waals surface area contributed by atoms with Crippen molar-refractivity contribution in [2.24, 2.45) is 0 Å². The van der Waals surface area contributed by atoms with E-state index in [2.05, 4.69) is 0 Å². The van der Waals surface area contributed by atoms with Crippen LogP contribution in [0.15, 0.2) is 0 Å². The smallest absolute Gasteiger partial charge is 0.303 e. The van der Waals surface area contributed by atoms with E-state index in [0.29, 0.717) is 0 Å². The van der Waals surface area contributed by atoms with Gasteiger partial charge in [-0.25, -0.2) is 0 Å². The molecule has 10 heteroatoms. The Morgan fingerprint density at radius 1 is 0.792 bits per heavy atom. The molecule has 10 nitrogen and oxygen atoms in total. The van der Waals surface area contributed by atoms with E-state index in [9.17, 15) is 29.1 Å². The van der Waals surface area contributed by atoms with Crippen LogP contribution in [0.25, 0.3) is 0 Å². The molecule has 0 aromatic carbocycles. The SMILES string of the molecule is CC(=O)O[C@H]([C@H](OC(C)=O)[C@@H](CO)OC(C)=O)[C@@H](C=O)OC(C)=O. The topological polar surface area (TPSA) is 142 Å². The predicted molar refractivity (Wildman–Crippen MR) is 75.4 cm³/mol. The zero-order chi connectivity index (χ0) is 18.9. The molecule has 0 bridgehead atoms. The minimum Gasteiger partial charge on any atom is -0.456 e. The molecule has 0 aliphatic heterocycles. The van der Waals surface area contributed by atoms with Gasteiger partial charge in [-0.15, -0.1) is 0 Å². The third-order valence-corrected chi connectivity index (χ3v) is 2.55. The molecule has 0 aromatic rings. The van der Waals surface area contributed by atoms with E-state index in [0.717, 1.165) is 27.7 Å². The number of hydrogen-bond acceptors (Lipinski definition) is 10. The first-order chi connectivity index (χ1) is 11.1. The van der Waals surface area contributed by atoms with Crippen LogP contribution in [0, 0.1) is 0 Å². The molecular weight excluding hydrogens is 328 g/mol. The second-order valence-corrected chi connectivity index (χ2v) is 4.69. The van der Waals surface area contributed by atoms with Crippen LogP contribution in [0.2, 0.25) is 0 Å². The van der Waals surface area contributed by atoms with Crippen molar-refractivity contribution >= 4 is 30.2 Å². The highest BCUT2D eigenvalue weighted by Gasteiger charge is 2.43. The Morgan fingerprint density at radius 3 is 1.54 bits per heavy atom. The maximum absolute atomic E-state index is 11.3. The lowest BCUT2D eigenvalue weighted by Gasteiger charge is -2.33. The van der Waals surface area contributed by atoms with E-state index in [4.69, 9.17) is 18.9 Å². The van der Waals surface area contributed by atoms with Crippen molar-refractivity contribution in [1.82, 2.24) is 0 Å². The van der Waals surface area contributed by atoms with E-state index in [1.165, 1.54) is 0 Å². The van der Waals surface area contributed by atoms with Gasteiger partial charge < -0.3 is 24.1 Å². The van der Waals surface area contributed by atoms with Crippen molar-refractivity contribution in [3.63, 3.8) is 0 Å². The number of carbonyl (C=O) groups excluding carboxylic acids is 5. The summed E-state index contributed by atoms with van der Waals surface area (Å²) in [5.41, 5.74) is 0. The number of hydrogen-bond donors (Lipinski definition) is 1. The minimum absolute atomic E-state index is 0.160. The quantitative estimate of drug-likeness (QED) is 0.310. The van der Waals surface area contributed by atoms with Crippen molar-refractivity contribution in [1.29, 1.82) is 0 Å². The molecule has 136 valence electrons. The van der Waals surface area contributed by atoms with Gasteiger partial charge in [-0.05, 0) is 0 Å². The van der Waals surface area contributed by atoms with Gasteiger partial charge in [0.2, 0.25) is 0 Å². The minimum atomic E-state index is -1.64. The van der Waals surface area contributed by atoms with Crippen LogP contribution in [-0.4, -0.2) is 66.3 Å². The van der Waals surface area contributed by atoms with Gasteiger partial charge in [0.15, 0.2) is 30.7 Å². The standard InChI is InChI=1S/C14H20O10/c1-7(17)21-11(5-15)13(23-9(3)19)14(24-10(4)20)12(6-16)22-8(2)18/h5,11-14,16H,6H2,1-4H3/t11-,12-,13+,14-/m1/s1. The summed E-state index contributed by atoms with van der Waals surface area (Å²) in [4.78, 5) is 56.0. The van der Waals surface area contributed by atoms with E-state index >= 15 is 0 Å². The average Bonchev–Trinajstić information content (AvgIpc) is 2.45. The van der Waals surface area contributed by atoms with Crippen molar-refractivity contribution in [3.8, 4) is 0 Å². The molecule has 24 heavy (non-hydrogen) atoms. The molecule has 0 fully saturated rings. The van der Waals surface area contributed by atoms with Crippen molar-refractivity contribution < 1.29 is 48.0 Å². The van der Waals surface area contributed by atoms with Gasteiger partial charge in [0.25, 0.3) is 0 Å². The first-order valence-electron chi connectivity index (χ1n) is 6.87. The summed E-state index contributed by atoms with van der Waals surface area (Å²) in [6, 6.07) is 0. The summed E-state index contributed by atoms with van der Waals surface area (Å²) in [6.45, 7) is 3.27. The van der Waals surface area contributed by atoms with Crippen molar-refractivity contribution in [3.05, 3.63) is 0 Å². The lowest BCUT2D eigenvalue weighted by molar-refractivity contribution is -0.199. The summed E-state index contributed by atoms with van der Waals surface area (Å²) in [6.07, 6.45) is -6.12. The van der Waals surface area contributed by atoms with Crippen LogP contribution in [0.4, 0.5) is 0 Å². The van der Waals surface area contributed by atoms with Crippen LogP contribution in [0.1, 0.15) is 27.7 Å². The summed E-state index contributed by atoms with van der Waals surface area (Å²) in [5, 5.41) is 9.37. The molecule has 0 rings (SSSR count). The number of esters is 4. The van der Waals surface area contributed by atoms with Gasteiger partial charge in [0.05, 0.1) is 6.61 Å². The monoisotopic (exact) mass is 348 g/mol. The highest BCUT2D eigenvalue weighted by molar-refractivity contribution is 5.72. The Kier molecular flexibility index (Phi) is 9.25. The zero-order valence-corrected chi connectivity index (χ0v) is 13.7. The number of aliphatic hydroxyl groups excluding tert-OH is 1. The molecule has 0 aromatic heterocycles. The molecule has 1 N–H and O–H groups in total. The highest BCUT2D eigenvalue weighted by atomic mass is 16.6. The number of ether oxygens (including phenoxy) is 4. The number of aldehydes is 1. The lowest BCUT2D eigenvalue weighted by atomic mass is 10.0. The van der Waals surface area contributed by atoms with Gasteiger partial charge in [0, 0.05) is 27.7 Å². The summed E-state index contributed by atoms with van der Waals surface area (Å²) < 4.78 is 19.4. The molecule has 0 saturated carbocycles. The predicted octanol–water partition coefficient (Wildman–Crippen LogP) is -1.10. The van der Waals surface area contributed by atoms with Gasteiger partial charge in [0.1, 0.15) is 0 Å². The van der Waals surface area contributed by atoms with E-state index in [1.54, 1.807) is 0 Å². The van der Waals surface area contributed by atoms with Crippen LogP contribution < -0.4 is 0 Å². The van der Waals surface area contributed by atoms with E-state index in [-0.39, 0.29) is 6.29 Å². The summed E-state index contributed by atoms with van der Waals surface area (Å²) >= 11 is 0. The molecule has 0 heterocycles. The lowest BCUT2D eigenvalue weighted by Crippen LogP contribution is -2.53. The molecule has 0 amide bonds. The Hall–Kier alpha value is -2.49. The Balaban J connectivity index is 5.79. The largest absolute Gasteiger partial charge is 0.456 e. The fourth-order valence-electron chi connectivity index (χ4n) is 1.84. The molecule has 4 atom stereocenters. The Labute approximate surface area is 138 Å². The van der Waals surface area contributed by atoms with Gasteiger partial charge in [-0.2, -0.15) is 0 Å². The first-order valence-corrected chi connectivity index (χ1v) is 6.87. The van der Waals surface area contributed by atoms with Crippen LogP contribution in [0.3, 0.4) is 0 Å². The first kappa shape index (κ1) is 21.5. The van der Waals surface area contributed by atoms with Crippen LogP contribution >= 0.6 is 0 Å². The number of aliphatic hydroxyl groups is 1. The fraction of sp³-hybridized carbons (Fsp3) is 0.643. The second kappa shape index (κ2) is 10.3. The normalized spacial score (nSPS) is 15.2. The molecule has 0 aliphatic rings. The van der Waals surface area contributed by atoms with E-state index in [1.807, 2.05) is 0 Å². The molecule has 0 unspecified atom stereocenters. The Bertz CT molecular complexity index is 486. The van der Waals surface area contributed by atoms with Crippen LogP contribution in [-0.2, 0) is 42.9 Å². The third kappa shape index (κ3) is 7.68. The highest BCUT2D eigenvalue weighted by Crippen LogP contribution is 2.18. The van der Waals surface area contributed by atoms with Crippen molar-refractivity contribution in [2.45, 2.75) is 52.1 Å². The molecule has 0 aliphatic carbocycles. The molecule has 0 spiro atoms. The molecular formula is C14H20O10. The van der Waals surface area contributed by atoms with Gasteiger partial charge in [-0.1, -0.05) is 0 Å². The summed E-state index contributed by atoms with van der Waals surface area (Å²) in [5.74, 6) is -3.42. The van der Waals surface area contributed by atoms with Gasteiger partial charge in [-0.3, -0.25) is 24.0 Å². The van der Waals surface area contributed by atoms with Crippen LogP contribution in [0.5, 0.6) is 0 Å².